The van der Waals surface area contributed by atoms with Gasteiger partial charge in [-0.2, -0.15) is 0 Å². The van der Waals surface area contributed by atoms with Gasteiger partial charge in [-0.3, -0.25) is 10.1 Å². The lowest BCUT2D eigenvalue weighted by molar-refractivity contribution is -0.132. The Balaban J connectivity index is 1.57. The standard InChI is InChI=1S/C27H26Cl2N2O4S/c1-14(25(33)34)10-18-19(28)11-16(12-20(18)29)24(32)31-26-30-22-17-7-5-6-15(8-9-27(2,3)4)23(17)35-13-21(22)36-26/h5-7,10-12H,8-9,13H2,1-4H3,(H,33,34)(H,30,31,32)/b14-10+. The predicted octanol–water partition coefficient (Wildman–Crippen LogP) is 7.73. The summed E-state index contributed by atoms with van der Waals surface area (Å²) in [7, 11) is 0. The lowest BCUT2D eigenvalue weighted by atomic mass is 9.88. The highest BCUT2D eigenvalue weighted by atomic mass is 35.5. The molecule has 0 saturated carbocycles. The van der Waals surface area contributed by atoms with Gasteiger partial charge in [-0.15, -0.1) is 0 Å². The van der Waals surface area contributed by atoms with Crippen molar-refractivity contribution >= 4 is 57.6 Å². The maximum absolute atomic E-state index is 12.9. The number of aromatic nitrogens is 1. The summed E-state index contributed by atoms with van der Waals surface area (Å²) in [5.41, 5.74) is 3.78. The van der Waals surface area contributed by atoms with Gasteiger partial charge < -0.3 is 9.84 Å². The molecule has 1 amide bonds. The number of carbonyl (C=O) groups excluding carboxylic acids is 1. The molecule has 0 fully saturated rings. The number of aliphatic carboxylic acids is 1. The number of fused-ring (bicyclic) bond motifs is 3. The molecule has 4 rings (SSSR count). The fourth-order valence-electron chi connectivity index (χ4n) is 3.80. The van der Waals surface area contributed by atoms with Crippen LogP contribution >= 0.6 is 34.5 Å². The summed E-state index contributed by atoms with van der Waals surface area (Å²) in [5, 5.41) is 12.7. The first-order valence-corrected chi connectivity index (χ1v) is 13.0. The van der Waals surface area contributed by atoms with Crippen molar-refractivity contribution in [3.8, 4) is 17.0 Å². The molecule has 0 saturated heterocycles. The molecule has 1 aliphatic heterocycles. The van der Waals surface area contributed by atoms with Crippen molar-refractivity contribution in [3.63, 3.8) is 0 Å². The molecule has 1 aromatic heterocycles. The second kappa shape index (κ2) is 10.2. The molecule has 0 spiro atoms. The van der Waals surface area contributed by atoms with E-state index in [1.807, 2.05) is 12.1 Å². The van der Waals surface area contributed by atoms with Crippen LogP contribution in [0.3, 0.4) is 0 Å². The van der Waals surface area contributed by atoms with Crippen LogP contribution in [0.1, 0.15) is 60.5 Å². The highest BCUT2D eigenvalue weighted by Crippen LogP contribution is 2.43. The third-order valence-corrected chi connectivity index (χ3v) is 7.37. The summed E-state index contributed by atoms with van der Waals surface area (Å²) < 4.78 is 6.12. The summed E-state index contributed by atoms with van der Waals surface area (Å²) in [6.07, 6.45) is 3.32. The molecule has 0 bridgehead atoms. The average Bonchev–Trinajstić information content (AvgIpc) is 3.22. The van der Waals surface area contributed by atoms with Gasteiger partial charge in [-0.1, -0.05) is 67.4 Å². The number of anilines is 1. The fraction of sp³-hybridized carbons (Fsp3) is 0.296. The molecule has 2 N–H and O–H groups in total. The van der Waals surface area contributed by atoms with Gasteiger partial charge in [0.25, 0.3) is 5.91 Å². The first kappa shape index (κ1) is 26.2. The number of halogens is 2. The molecule has 36 heavy (non-hydrogen) atoms. The van der Waals surface area contributed by atoms with Crippen LogP contribution in [0.15, 0.2) is 35.9 Å². The number of amides is 1. The summed E-state index contributed by atoms with van der Waals surface area (Å²) in [4.78, 5) is 29.7. The van der Waals surface area contributed by atoms with Gasteiger partial charge in [-0.05, 0) is 55.0 Å². The topological polar surface area (TPSA) is 88.5 Å². The first-order valence-electron chi connectivity index (χ1n) is 11.4. The monoisotopic (exact) mass is 544 g/mol. The molecule has 3 aromatic rings. The SMILES string of the molecule is C/C(=C\c1c(Cl)cc(C(=O)Nc2nc3c(s2)COc2c(CCC(C)(C)C)cccc2-3)cc1Cl)C(=O)O. The zero-order chi connectivity index (χ0) is 26.2. The number of rotatable bonds is 6. The van der Waals surface area contributed by atoms with Gasteiger partial charge in [0, 0.05) is 22.3 Å². The maximum Gasteiger partial charge on any atom is 0.331 e. The minimum absolute atomic E-state index is 0.0773. The van der Waals surface area contributed by atoms with E-state index in [2.05, 4.69) is 32.2 Å². The summed E-state index contributed by atoms with van der Waals surface area (Å²) in [6.45, 7) is 8.49. The number of benzene rings is 2. The van der Waals surface area contributed by atoms with Crippen molar-refractivity contribution in [1.29, 1.82) is 0 Å². The maximum atomic E-state index is 12.9. The number of hydrogen-bond acceptors (Lipinski definition) is 5. The lowest BCUT2D eigenvalue weighted by Crippen LogP contribution is -2.12. The molecule has 0 unspecified atom stereocenters. The van der Waals surface area contributed by atoms with Crippen LogP contribution in [-0.4, -0.2) is 22.0 Å². The van der Waals surface area contributed by atoms with E-state index in [1.165, 1.54) is 36.5 Å². The van der Waals surface area contributed by atoms with Crippen LogP contribution in [0.4, 0.5) is 5.13 Å². The van der Waals surface area contributed by atoms with Gasteiger partial charge in [0.05, 0.1) is 20.6 Å². The van der Waals surface area contributed by atoms with E-state index >= 15 is 0 Å². The van der Waals surface area contributed by atoms with Crippen molar-refractivity contribution in [1.82, 2.24) is 4.98 Å². The molecule has 0 atom stereocenters. The van der Waals surface area contributed by atoms with Crippen molar-refractivity contribution in [3.05, 3.63) is 67.5 Å². The largest absolute Gasteiger partial charge is 0.487 e. The number of para-hydroxylation sites is 1. The number of hydrogen-bond donors (Lipinski definition) is 2. The Hall–Kier alpha value is -2.87. The third-order valence-electron chi connectivity index (χ3n) is 5.80. The molecule has 9 heteroatoms. The minimum atomic E-state index is -1.08. The number of aryl methyl sites for hydroxylation is 1. The van der Waals surface area contributed by atoms with E-state index in [0.29, 0.717) is 17.3 Å². The van der Waals surface area contributed by atoms with Crippen molar-refractivity contribution in [2.75, 3.05) is 5.32 Å². The number of thiazole rings is 1. The van der Waals surface area contributed by atoms with Crippen molar-refractivity contribution < 1.29 is 19.4 Å². The first-order chi connectivity index (χ1) is 16.9. The quantitative estimate of drug-likeness (QED) is 0.310. The Kier molecular flexibility index (Phi) is 7.46. The molecule has 0 radical (unpaired) electrons. The minimum Gasteiger partial charge on any atom is -0.487 e. The van der Waals surface area contributed by atoms with Crippen molar-refractivity contribution in [2.24, 2.45) is 5.41 Å². The van der Waals surface area contributed by atoms with E-state index in [1.54, 1.807) is 0 Å². The van der Waals surface area contributed by atoms with E-state index in [4.69, 9.17) is 38.0 Å². The van der Waals surface area contributed by atoms with Gasteiger partial charge in [0.15, 0.2) is 5.13 Å². The van der Waals surface area contributed by atoms with Crippen LogP contribution in [0, 0.1) is 5.41 Å². The number of nitrogens with one attached hydrogen (secondary N) is 1. The summed E-state index contributed by atoms with van der Waals surface area (Å²) in [6, 6.07) is 9.01. The van der Waals surface area contributed by atoms with Crippen LogP contribution in [0.5, 0.6) is 5.75 Å². The zero-order valence-electron chi connectivity index (χ0n) is 20.4. The smallest absolute Gasteiger partial charge is 0.331 e. The normalized spacial score (nSPS) is 13.0. The predicted molar refractivity (Wildman–Crippen MR) is 145 cm³/mol. The Labute approximate surface area is 223 Å². The highest BCUT2D eigenvalue weighted by molar-refractivity contribution is 7.16. The second-order valence-electron chi connectivity index (χ2n) is 9.87. The fourth-order valence-corrected chi connectivity index (χ4v) is 5.28. The third kappa shape index (κ3) is 5.75. The lowest BCUT2D eigenvalue weighted by Gasteiger charge is -2.22. The van der Waals surface area contributed by atoms with Crippen LogP contribution < -0.4 is 10.1 Å². The van der Waals surface area contributed by atoms with E-state index in [9.17, 15) is 9.59 Å². The van der Waals surface area contributed by atoms with Crippen LogP contribution in [-0.2, 0) is 17.8 Å². The highest BCUT2D eigenvalue weighted by Gasteiger charge is 2.25. The van der Waals surface area contributed by atoms with Gasteiger partial charge in [-0.25, -0.2) is 9.78 Å². The van der Waals surface area contributed by atoms with Crippen LogP contribution in [0.25, 0.3) is 17.3 Å². The molecule has 188 valence electrons. The Morgan fingerprint density at radius 1 is 1.22 bits per heavy atom. The molecule has 2 heterocycles. The molecular formula is C27H26Cl2N2O4S. The molecule has 1 aliphatic rings. The molecule has 6 nitrogen and oxygen atoms in total. The van der Waals surface area contributed by atoms with Gasteiger partial charge in [0.2, 0.25) is 0 Å². The Morgan fingerprint density at radius 3 is 2.56 bits per heavy atom. The van der Waals surface area contributed by atoms with Gasteiger partial charge >= 0.3 is 5.97 Å². The second-order valence-corrected chi connectivity index (χ2v) is 11.8. The van der Waals surface area contributed by atoms with E-state index in [0.717, 1.165) is 40.3 Å². The molecular weight excluding hydrogens is 519 g/mol. The average molecular weight is 545 g/mol. The zero-order valence-corrected chi connectivity index (χ0v) is 22.7. The molecule has 0 aliphatic carbocycles. The summed E-state index contributed by atoms with van der Waals surface area (Å²) >= 11 is 14.0. The number of carbonyl (C=O) groups is 2. The van der Waals surface area contributed by atoms with Crippen LogP contribution in [0.2, 0.25) is 10.0 Å². The number of nitrogens with zero attached hydrogens (tertiary/aromatic N) is 1. The Morgan fingerprint density at radius 2 is 1.92 bits per heavy atom. The number of ether oxygens (including phenoxy) is 1. The van der Waals surface area contributed by atoms with Crippen molar-refractivity contribution in [2.45, 2.75) is 47.1 Å². The Bertz CT molecular complexity index is 1370. The van der Waals surface area contributed by atoms with E-state index in [-0.39, 0.29) is 26.6 Å². The summed E-state index contributed by atoms with van der Waals surface area (Å²) in [5.74, 6) is -0.643. The van der Waals surface area contributed by atoms with Gasteiger partial charge in [0.1, 0.15) is 12.4 Å². The number of carboxylic acid groups (broad SMARTS) is 1. The van der Waals surface area contributed by atoms with E-state index < -0.39 is 11.9 Å². The number of carboxylic acids is 1. The molecule has 2 aromatic carbocycles.